The van der Waals surface area contributed by atoms with E-state index in [1.54, 1.807) is 49.6 Å². The number of amides is 1. The van der Waals surface area contributed by atoms with Crippen LogP contribution < -0.4 is 10.6 Å². The topological polar surface area (TPSA) is 105 Å². The van der Waals surface area contributed by atoms with Crippen molar-refractivity contribution in [2.75, 3.05) is 17.2 Å². The van der Waals surface area contributed by atoms with Gasteiger partial charge in [0.1, 0.15) is 11.6 Å². The molecule has 0 aliphatic carbocycles. The minimum Gasteiger partial charge on any atom is -0.392 e. The molecule has 0 saturated carbocycles. The molecule has 41 heavy (non-hydrogen) atoms. The quantitative estimate of drug-likeness (QED) is 0.182. The maximum atomic E-state index is 13.6. The first-order chi connectivity index (χ1) is 19.9. The first-order valence-electron chi connectivity index (χ1n) is 13.0. The first-order valence-corrected chi connectivity index (χ1v) is 13.8. The van der Waals surface area contributed by atoms with E-state index in [2.05, 4.69) is 25.6 Å². The van der Waals surface area contributed by atoms with E-state index in [4.69, 9.17) is 23.2 Å². The highest BCUT2D eigenvalue weighted by atomic mass is 35.5. The minimum absolute atomic E-state index is 0.175. The summed E-state index contributed by atoms with van der Waals surface area (Å²) in [7, 11) is 0. The molecule has 2 aromatic heterocycles. The Kier molecular flexibility index (Phi) is 8.94. The van der Waals surface area contributed by atoms with Gasteiger partial charge in [0.25, 0.3) is 0 Å². The van der Waals surface area contributed by atoms with Crippen LogP contribution in [0.5, 0.6) is 0 Å². The van der Waals surface area contributed by atoms with Gasteiger partial charge in [-0.1, -0.05) is 59.6 Å². The summed E-state index contributed by atoms with van der Waals surface area (Å²) in [5, 5.41) is 16.9. The van der Waals surface area contributed by atoms with E-state index >= 15 is 0 Å². The lowest BCUT2D eigenvalue weighted by atomic mass is 9.90. The van der Waals surface area contributed by atoms with Crippen molar-refractivity contribution < 1.29 is 9.90 Å². The molecule has 0 fully saturated rings. The highest BCUT2D eigenvalue weighted by Crippen LogP contribution is 2.29. The molecular formula is C31H28Cl2N6O2. The Morgan fingerprint density at radius 2 is 1.61 bits per heavy atom. The van der Waals surface area contributed by atoms with Crippen LogP contribution in [-0.4, -0.2) is 43.2 Å². The smallest absolute Gasteiger partial charge is 0.236 e. The Hall–Kier alpha value is -4.24. The molecule has 3 N–H and O–H groups in total. The summed E-state index contributed by atoms with van der Waals surface area (Å²) in [6.07, 6.45) is 5.20. The predicted molar refractivity (Wildman–Crippen MR) is 162 cm³/mol. The lowest BCUT2D eigenvalue weighted by Gasteiger charge is -2.18. The second-order valence-electron chi connectivity index (χ2n) is 9.58. The number of benzene rings is 3. The molecule has 10 heteroatoms. The van der Waals surface area contributed by atoms with E-state index < -0.39 is 12.0 Å². The third kappa shape index (κ3) is 7.29. The number of aliphatic hydroxyl groups is 1. The molecule has 8 nitrogen and oxygen atoms in total. The Morgan fingerprint density at radius 1 is 0.927 bits per heavy atom. The fourth-order valence-electron chi connectivity index (χ4n) is 4.44. The molecular weight excluding hydrogens is 559 g/mol. The number of carbonyl (C=O) groups is 1. The molecule has 5 rings (SSSR count). The summed E-state index contributed by atoms with van der Waals surface area (Å²) in [6, 6.07) is 24.0. The van der Waals surface area contributed by atoms with E-state index in [1.165, 1.54) is 0 Å². The van der Waals surface area contributed by atoms with Crippen LogP contribution in [0.1, 0.15) is 35.4 Å². The average molecular weight is 588 g/mol. The molecule has 0 aliphatic rings. The molecule has 1 atom stereocenters. The number of aliphatic hydroxyl groups excluding tert-OH is 1. The predicted octanol–water partition coefficient (Wildman–Crippen LogP) is 6.12. The number of halogens is 2. The van der Waals surface area contributed by atoms with Crippen molar-refractivity contribution in [2.45, 2.75) is 25.4 Å². The van der Waals surface area contributed by atoms with Gasteiger partial charge in [-0.05, 0) is 66.1 Å². The van der Waals surface area contributed by atoms with E-state index in [1.807, 2.05) is 59.3 Å². The molecule has 0 bridgehead atoms. The van der Waals surface area contributed by atoms with E-state index in [0.717, 1.165) is 22.5 Å². The number of hydrogen-bond acceptors (Lipinski definition) is 6. The third-order valence-corrected chi connectivity index (χ3v) is 6.89. The number of rotatable bonds is 10. The van der Waals surface area contributed by atoms with E-state index in [9.17, 15) is 9.90 Å². The van der Waals surface area contributed by atoms with Crippen molar-refractivity contribution in [1.29, 1.82) is 0 Å². The van der Waals surface area contributed by atoms with Gasteiger partial charge < -0.3 is 15.7 Å². The number of nitrogens with zero attached hydrogens (tertiary/aromatic N) is 4. The molecule has 3 aromatic carbocycles. The number of anilines is 2. The summed E-state index contributed by atoms with van der Waals surface area (Å²) in [5.41, 5.74) is 3.27. The van der Waals surface area contributed by atoms with Crippen molar-refractivity contribution in [2.24, 2.45) is 0 Å². The van der Waals surface area contributed by atoms with E-state index in [-0.39, 0.29) is 5.91 Å². The Morgan fingerprint density at radius 3 is 2.27 bits per heavy atom. The Bertz CT molecular complexity index is 1580. The molecule has 1 amide bonds. The number of hydrogen-bond donors (Lipinski definition) is 3. The minimum atomic E-state index is -0.554. The van der Waals surface area contributed by atoms with Gasteiger partial charge in [0.05, 0.1) is 12.0 Å². The lowest BCUT2D eigenvalue weighted by Crippen LogP contribution is -2.22. The third-order valence-electron chi connectivity index (χ3n) is 6.39. The van der Waals surface area contributed by atoms with Gasteiger partial charge >= 0.3 is 0 Å². The largest absolute Gasteiger partial charge is 0.392 e. The van der Waals surface area contributed by atoms with Gasteiger partial charge in [0.15, 0.2) is 0 Å². The monoisotopic (exact) mass is 586 g/mol. The molecule has 1 unspecified atom stereocenters. The number of carbonyl (C=O) groups excluding carboxylic acids is 1. The molecule has 2 heterocycles. The fraction of sp³-hybridized carbons (Fsp3) is 0.161. The Labute approximate surface area is 248 Å². The van der Waals surface area contributed by atoms with Crippen molar-refractivity contribution >= 4 is 40.7 Å². The highest BCUT2D eigenvalue weighted by Gasteiger charge is 2.23. The van der Waals surface area contributed by atoms with Gasteiger partial charge in [0, 0.05) is 47.3 Å². The van der Waals surface area contributed by atoms with Crippen LogP contribution in [0.4, 0.5) is 11.6 Å². The molecule has 208 valence electrons. The summed E-state index contributed by atoms with van der Waals surface area (Å²) < 4.78 is 1.89. The summed E-state index contributed by atoms with van der Waals surface area (Å²) in [6.45, 7) is 2.03. The highest BCUT2D eigenvalue weighted by molar-refractivity contribution is 6.30. The zero-order valence-electron chi connectivity index (χ0n) is 22.2. The maximum absolute atomic E-state index is 13.6. The van der Waals surface area contributed by atoms with Crippen LogP contribution in [0, 0.1) is 0 Å². The number of nitrogens with one attached hydrogen (secondary N) is 2. The van der Waals surface area contributed by atoms with Crippen LogP contribution >= 0.6 is 23.2 Å². The van der Waals surface area contributed by atoms with Crippen molar-refractivity contribution in [3.63, 3.8) is 0 Å². The number of imidazole rings is 1. The van der Waals surface area contributed by atoms with Crippen molar-refractivity contribution in [1.82, 2.24) is 19.5 Å². The van der Waals surface area contributed by atoms with Gasteiger partial charge in [-0.25, -0.2) is 9.97 Å². The van der Waals surface area contributed by atoms with Gasteiger partial charge in [0.2, 0.25) is 11.9 Å². The SMILES string of the molecule is CC(O)CNc1nccc(-n2ccnc2Cc2cccc(NC(=O)C(c3ccc(Cl)cc3)c3ccc(Cl)cc3)c2)n1. The normalized spacial score (nSPS) is 11.8. The zero-order valence-corrected chi connectivity index (χ0v) is 23.7. The van der Waals surface area contributed by atoms with Crippen molar-refractivity contribution in [3.8, 4) is 5.82 Å². The van der Waals surface area contributed by atoms with Crippen LogP contribution in [0.15, 0.2) is 97.5 Å². The second-order valence-corrected chi connectivity index (χ2v) is 10.5. The van der Waals surface area contributed by atoms with Crippen LogP contribution in [0.3, 0.4) is 0 Å². The van der Waals surface area contributed by atoms with Crippen LogP contribution in [0.2, 0.25) is 10.0 Å². The zero-order chi connectivity index (χ0) is 28.8. The molecule has 0 saturated heterocycles. The van der Waals surface area contributed by atoms with E-state index in [0.29, 0.717) is 40.5 Å². The average Bonchev–Trinajstić information content (AvgIpc) is 3.42. The van der Waals surface area contributed by atoms with Gasteiger partial charge in [-0.3, -0.25) is 9.36 Å². The maximum Gasteiger partial charge on any atom is 0.236 e. The summed E-state index contributed by atoms with van der Waals surface area (Å²) >= 11 is 12.2. The summed E-state index contributed by atoms with van der Waals surface area (Å²) in [4.78, 5) is 27.0. The van der Waals surface area contributed by atoms with Crippen LogP contribution in [-0.2, 0) is 11.2 Å². The molecule has 0 aliphatic heterocycles. The molecule has 0 radical (unpaired) electrons. The fourth-order valence-corrected chi connectivity index (χ4v) is 4.69. The number of aromatic nitrogens is 4. The first kappa shape index (κ1) is 28.3. The Balaban J connectivity index is 1.35. The van der Waals surface area contributed by atoms with Crippen molar-refractivity contribution in [3.05, 3.63) is 130 Å². The van der Waals surface area contributed by atoms with Gasteiger partial charge in [-0.2, -0.15) is 4.98 Å². The lowest BCUT2D eigenvalue weighted by molar-refractivity contribution is -0.116. The molecule has 0 spiro atoms. The summed E-state index contributed by atoms with van der Waals surface area (Å²) in [5.74, 6) is 1.12. The van der Waals surface area contributed by atoms with Gasteiger partial charge in [-0.15, -0.1) is 0 Å². The second kappa shape index (κ2) is 13.0. The van der Waals surface area contributed by atoms with Crippen LogP contribution in [0.25, 0.3) is 5.82 Å². The molecule has 5 aromatic rings. The standard InChI is InChI=1S/C31H28Cl2N6O2/c1-20(40)19-36-31-35-14-13-27(38-31)39-16-15-34-28(39)18-21-3-2-4-26(17-21)37-30(41)29(22-5-9-24(32)10-6-22)23-7-11-25(33)12-8-23/h2-17,20,29,40H,18-19H2,1H3,(H,37,41)(H,35,36,38).